The van der Waals surface area contributed by atoms with Crippen LogP contribution in [0.15, 0.2) is 12.4 Å². The number of carbonyl (C=O) groups excluding carboxylic acids is 1. The number of amides is 1. The van der Waals surface area contributed by atoms with E-state index < -0.39 is 5.54 Å². The highest BCUT2D eigenvalue weighted by Gasteiger charge is 2.24. The van der Waals surface area contributed by atoms with E-state index in [0.29, 0.717) is 13.1 Å². The van der Waals surface area contributed by atoms with Crippen LogP contribution < -0.4 is 10.6 Å². The molecular weight excluding hydrogens is 194 g/mol. The molecule has 0 aliphatic carbocycles. The Bertz CT molecular complexity index is 306. The second-order valence-corrected chi connectivity index (χ2v) is 3.80. The number of hydrogen-bond acceptors (Lipinski definition) is 4. The molecule has 0 bridgehead atoms. The van der Waals surface area contributed by atoms with Crippen molar-refractivity contribution >= 4 is 5.91 Å². The van der Waals surface area contributed by atoms with E-state index in [4.69, 9.17) is 0 Å². The Morgan fingerprint density at radius 3 is 2.80 bits per heavy atom. The molecule has 0 aliphatic rings. The van der Waals surface area contributed by atoms with Crippen LogP contribution in [-0.2, 0) is 11.3 Å². The first-order chi connectivity index (χ1) is 7.06. The van der Waals surface area contributed by atoms with Gasteiger partial charge in [-0.1, -0.05) is 5.21 Å². The molecule has 2 N–H and O–H groups in total. The van der Waals surface area contributed by atoms with E-state index in [1.165, 1.54) is 0 Å². The number of rotatable bonds is 5. The maximum atomic E-state index is 11.6. The van der Waals surface area contributed by atoms with Crippen molar-refractivity contribution in [2.45, 2.75) is 25.9 Å². The van der Waals surface area contributed by atoms with Crippen LogP contribution in [0.5, 0.6) is 0 Å². The predicted molar refractivity (Wildman–Crippen MR) is 56.2 cm³/mol. The first-order valence-corrected chi connectivity index (χ1v) is 4.87. The largest absolute Gasteiger partial charge is 0.353 e. The summed E-state index contributed by atoms with van der Waals surface area (Å²) in [5, 5.41) is 13.2. The molecule has 0 atom stereocenters. The third-order valence-corrected chi connectivity index (χ3v) is 2.29. The molecule has 0 fully saturated rings. The fraction of sp³-hybridized carbons (Fsp3) is 0.667. The van der Waals surface area contributed by atoms with E-state index in [2.05, 4.69) is 20.9 Å². The first-order valence-electron chi connectivity index (χ1n) is 4.87. The van der Waals surface area contributed by atoms with Crippen molar-refractivity contribution in [3.8, 4) is 0 Å². The van der Waals surface area contributed by atoms with Crippen molar-refractivity contribution < 1.29 is 4.79 Å². The Kier molecular flexibility index (Phi) is 3.79. The van der Waals surface area contributed by atoms with Gasteiger partial charge in [0.25, 0.3) is 0 Å². The maximum absolute atomic E-state index is 11.6. The van der Waals surface area contributed by atoms with Gasteiger partial charge in [-0.15, -0.1) is 5.10 Å². The van der Waals surface area contributed by atoms with Gasteiger partial charge in [-0.2, -0.15) is 0 Å². The molecule has 0 radical (unpaired) electrons. The van der Waals surface area contributed by atoms with Gasteiger partial charge in [0, 0.05) is 12.7 Å². The molecule has 1 aromatic heterocycles. The van der Waals surface area contributed by atoms with Crippen LogP contribution in [0.25, 0.3) is 0 Å². The zero-order valence-corrected chi connectivity index (χ0v) is 9.32. The monoisotopic (exact) mass is 211 g/mol. The summed E-state index contributed by atoms with van der Waals surface area (Å²) >= 11 is 0. The highest BCUT2D eigenvalue weighted by atomic mass is 16.2. The average molecular weight is 211 g/mol. The average Bonchev–Trinajstić information content (AvgIpc) is 2.70. The quantitative estimate of drug-likeness (QED) is 0.681. The lowest BCUT2D eigenvalue weighted by Gasteiger charge is -2.22. The molecule has 6 heteroatoms. The summed E-state index contributed by atoms with van der Waals surface area (Å²) in [5.41, 5.74) is -0.539. The number of likely N-dealkylation sites (N-methyl/N-ethyl adjacent to an activating group) is 1. The SMILES string of the molecule is CNC(C)(C)C(=O)NCCn1ccnn1. The minimum atomic E-state index is -0.539. The summed E-state index contributed by atoms with van der Waals surface area (Å²) < 4.78 is 1.67. The van der Waals surface area contributed by atoms with Crippen LogP contribution >= 0.6 is 0 Å². The summed E-state index contributed by atoms with van der Waals surface area (Å²) in [7, 11) is 1.76. The zero-order chi connectivity index (χ0) is 11.3. The number of carbonyl (C=O) groups is 1. The van der Waals surface area contributed by atoms with Crippen molar-refractivity contribution in [3.05, 3.63) is 12.4 Å². The van der Waals surface area contributed by atoms with E-state index in [0.717, 1.165) is 0 Å². The molecule has 84 valence electrons. The summed E-state index contributed by atoms with van der Waals surface area (Å²) in [6, 6.07) is 0. The van der Waals surface area contributed by atoms with Crippen molar-refractivity contribution in [1.82, 2.24) is 25.6 Å². The van der Waals surface area contributed by atoms with Crippen molar-refractivity contribution in [3.63, 3.8) is 0 Å². The topological polar surface area (TPSA) is 71.8 Å². The Morgan fingerprint density at radius 1 is 1.53 bits per heavy atom. The van der Waals surface area contributed by atoms with E-state index in [1.807, 2.05) is 13.8 Å². The molecule has 0 aliphatic heterocycles. The Morgan fingerprint density at radius 2 is 2.27 bits per heavy atom. The van der Waals surface area contributed by atoms with Crippen LogP contribution in [0.3, 0.4) is 0 Å². The van der Waals surface area contributed by atoms with Crippen LogP contribution in [-0.4, -0.2) is 40.0 Å². The minimum Gasteiger partial charge on any atom is -0.353 e. The van der Waals surface area contributed by atoms with Gasteiger partial charge in [0.15, 0.2) is 0 Å². The van der Waals surface area contributed by atoms with Gasteiger partial charge < -0.3 is 10.6 Å². The Labute approximate surface area is 89.0 Å². The van der Waals surface area contributed by atoms with Gasteiger partial charge >= 0.3 is 0 Å². The summed E-state index contributed by atoms with van der Waals surface area (Å²) in [4.78, 5) is 11.6. The second-order valence-electron chi connectivity index (χ2n) is 3.80. The van der Waals surface area contributed by atoms with Gasteiger partial charge in [-0.05, 0) is 20.9 Å². The lowest BCUT2D eigenvalue weighted by atomic mass is 10.1. The van der Waals surface area contributed by atoms with E-state index in [9.17, 15) is 4.79 Å². The van der Waals surface area contributed by atoms with Crippen molar-refractivity contribution in [1.29, 1.82) is 0 Å². The fourth-order valence-electron chi connectivity index (χ4n) is 0.970. The van der Waals surface area contributed by atoms with Crippen LogP contribution in [0, 0.1) is 0 Å². The normalized spacial score (nSPS) is 11.4. The molecule has 0 saturated carbocycles. The number of nitrogens with zero attached hydrogens (tertiary/aromatic N) is 3. The van der Waals surface area contributed by atoms with Crippen LogP contribution in [0.2, 0.25) is 0 Å². The highest BCUT2D eigenvalue weighted by molar-refractivity contribution is 5.85. The number of aromatic nitrogens is 3. The minimum absolute atomic E-state index is 0.0230. The zero-order valence-electron chi connectivity index (χ0n) is 9.32. The third kappa shape index (κ3) is 3.32. The highest BCUT2D eigenvalue weighted by Crippen LogP contribution is 1.99. The Balaban J connectivity index is 2.29. The van der Waals surface area contributed by atoms with Gasteiger partial charge in [0.05, 0.1) is 18.3 Å². The lowest BCUT2D eigenvalue weighted by molar-refractivity contribution is -0.126. The molecule has 1 rings (SSSR count). The van der Waals surface area contributed by atoms with E-state index in [-0.39, 0.29) is 5.91 Å². The molecule has 0 aromatic carbocycles. The van der Waals surface area contributed by atoms with E-state index in [1.54, 1.807) is 24.1 Å². The van der Waals surface area contributed by atoms with Gasteiger partial charge in [-0.3, -0.25) is 9.48 Å². The van der Waals surface area contributed by atoms with Gasteiger partial charge in [0.2, 0.25) is 5.91 Å². The standard InChI is InChI=1S/C9H17N5O/c1-9(2,10-3)8(15)11-4-6-14-7-5-12-13-14/h5,7,10H,4,6H2,1-3H3,(H,11,15). The number of hydrogen-bond donors (Lipinski definition) is 2. The third-order valence-electron chi connectivity index (χ3n) is 2.29. The smallest absolute Gasteiger partial charge is 0.239 e. The maximum Gasteiger partial charge on any atom is 0.239 e. The molecule has 1 aromatic rings. The predicted octanol–water partition coefficient (Wildman–Crippen LogP) is -0.608. The molecule has 0 saturated heterocycles. The Hall–Kier alpha value is -1.43. The summed E-state index contributed by atoms with van der Waals surface area (Å²) in [6.45, 7) is 4.84. The van der Waals surface area contributed by atoms with Gasteiger partial charge in [-0.25, -0.2) is 0 Å². The fourth-order valence-corrected chi connectivity index (χ4v) is 0.970. The van der Waals surface area contributed by atoms with E-state index >= 15 is 0 Å². The molecule has 1 amide bonds. The second kappa shape index (κ2) is 4.88. The molecule has 6 nitrogen and oxygen atoms in total. The first kappa shape index (κ1) is 11.6. The molecule has 15 heavy (non-hydrogen) atoms. The van der Waals surface area contributed by atoms with Crippen LogP contribution in [0.4, 0.5) is 0 Å². The molecule has 1 heterocycles. The van der Waals surface area contributed by atoms with Crippen molar-refractivity contribution in [2.24, 2.45) is 0 Å². The number of nitrogens with one attached hydrogen (secondary N) is 2. The molecular formula is C9H17N5O. The van der Waals surface area contributed by atoms with Crippen LogP contribution in [0.1, 0.15) is 13.8 Å². The van der Waals surface area contributed by atoms with Crippen molar-refractivity contribution in [2.75, 3.05) is 13.6 Å². The summed E-state index contributed by atoms with van der Waals surface area (Å²) in [6.07, 6.45) is 3.37. The summed E-state index contributed by atoms with van der Waals surface area (Å²) in [5.74, 6) is -0.0230. The van der Waals surface area contributed by atoms with Gasteiger partial charge in [0.1, 0.15) is 0 Å². The lowest BCUT2D eigenvalue weighted by Crippen LogP contribution is -2.51. The molecule has 0 unspecified atom stereocenters. The molecule has 0 spiro atoms.